The van der Waals surface area contributed by atoms with Crippen molar-refractivity contribution in [3.63, 3.8) is 0 Å². The van der Waals surface area contributed by atoms with Crippen LogP contribution in [0.25, 0.3) is 11.1 Å². The van der Waals surface area contributed by atoms with E-state index in [1.165, 1.54) is 6.20 Å². The van der Waals surface area contributed by atoms with Crippen molar-refractivity contribution < 1.29 is 13.5 Å². The minimum absolute atomic E-state index is 0.138. The summed E-state index contributed by atoms with van der Waals surface area (Å²) in [5, 5.41) is 3.73. The van der Waals surface area contributed by atoms with Crippen molar-refractivity contribution in [3.8, 4) is 17.0 Å². The molecule has 0 atom stereocenters. The van der Waals surface area contributed by atoms with E-state index in [0.717, 1.165) is 24.0 Å². The summed E-state index contributed by atoms with van der Waals surface area (Å²) >= 11 is 6.05. The zero-order valence-electron chi connectivity index (χ0n) is 14.8. The van der Waals surface area contributed by atoms with Crippen LogP contribution < -0.4 is 10.1 Å². The molecule has 1 saturated carbocycles. The smallest absolute Gasteiger partial charge is 0.388 e. The van der Waals surface area contributed by atoms with E-state index in [0.29, 0.717) is 34.6 Å². The molecule has 0 saturated heterocycles. The highest BCUT2D eigenvalue weighted by Crippen LogP contribution is 2.32. The van der Waals surface area contributed by atoms with Crippen LogP contribution >= 0.6 is 11.6 Å². The van der Waals surface area contributed by atoms with Gasteiger partial charge < -0.3 is 10.1 Å². The van der Waals surface area contributed by atoms with Crippen LogP contribution in [-0.4, -0.2) is 27.6 Å². The summed E-state index contributed by atoms with van der Waals surface area (Å²) in [5.74, 6) is 0.478. The average Bonchev–Trinajstić information content (AvgIpc) is 3.48. The van der Waals surface area contributed by atoms with Crippen molar-refractivity contribution in [2.24, 2.45) is 0 Å². The van der Waals surface area contributed by atoms with Crippen molar-refractivity contribution in [3.05, 3.63) is 65.1 Å². The monoisotopic (exact) mass is 402 g/mol. The number of ether oxygens (including phenoxy) is 1. The van der Waals surface area contributed by atoms with E-state index in [1.807, 2.05) is 0 Å². The molecule has 8 heteroatoms. The fourth-order valence-electron chi connectivity index (χ4n) is 2.80. The molecule has 0 unspecified atom stereocenters. The van der Waals surface area contributed by atoms with E-state index < -0.39 is 6.61 Å². The number of anilines is 1. The highest BCUT2D eigenvalue weighted by Gasteiger charge is 2.21. The molecule has 4 rings (SSSR count). The lowest BCUT2D eigenvalue weighted by Crippen LogP contribution is -2.06. The second kappa shape index (κ2) is 8.06. The van der Waals surface area contributed by atoms with Crippen LogP contribution in [-0.2, 0) is 6.42 Å². The third-order valence-corrected chi connectivity index (χ3v) is 4.50. The molecule has 1 N–H and O–H groups in total. The minimum atomic E-state index is -2.96. The lowest BCUT2D eigenvalue weighted by atomic mass is 10.0. The normalized spacial score (nSPS) is 13.6. The fourth-order valence-corrected chi connectivity index (χ4v) is 2.99. The molecule has 3 aromatic rings. The van der Waals surface area contributed by atoms with Crippen LogP contribution in [0.1, 0.15) is 24.0 Å². The molecule has 1 aliphatic carbocycles. The second-order valence-corrected chi connectivity index (χ2v) is 7.03. The number of aromatic nitrogens is 3. The Bertz CT molecular complexity index is 965. The number of hydrogen-bond donors (Lipinski definition) is 1. The first-order valence-electron chi connectivity index (χ1n) is 8.84. The molecule has 2 aromatic heterocycles. The molecule has 0 radical (unpaired) electrons. The fraction of sp³-hybridized carbons (Fsp3) is 0.250. The summed E-state index contributed by atoms with van der Waals surface area (Å²) < 4.78 is 30.1. The van der Waals surface area contributed by atoms with Crippen LogP contribution in [0.3, 0.4) is 0 Å². The van der Waals surface area contributed by atoms with Crippen molar-refractivity contribution in [2.75, 3.05) is 5.32 Å². The standard InChI is InChI=1S/C20H17ClF2N4O/c21-15-3-1-2-14(8-15)17-7-12(9-24-18(17)28-19(22)23)6-13-10-25-20(26-11-13)27-16-4-5-16/h1-3,7-11,16,19H,4-6H2,(H,25,26,27). The van der Waals surface area contributed by atoms with Gasteiger partial charge in [-0.15, -0.1) is 0 Å². The highest BCUT2D eigenvalue weighted by atomic mass is 35.5. The number of benzene rings is 1. The molecule has 1 aliphatic rings. The van der Waals surface area contributed by atoms with Crippen LogP contribution in [0.4, 0.5) is 14.7 Å². The molecule has 1 aromatic carbocycles. The van der Waals surface area contributed by atoms with Gasteiger partial charge in [-0.3, -0.25) is 0 Å². The number of halogens is 3. The number of rotatable bonds is 7. The molecule has 5 nitrogen and oxygen atoms in total. The summed E-state index contributed by atoms with van der Waals surface area (Å²) in [4.78, 5) is 12.7. The van der Waals surface area contributed by atoms with E-state index in [9.17, 15) is 8.78 Å². The summed E-state index contributed by atoms with van der Waals surface area (Å²) in [6.45, 7) is -2.96. The predicted molar refractivity (Wildman–Crippen MR) is 103 cm³/mol. The molecule has 1 fully saturated rings. The van der Waals surface area contributed by atoms with Gasteiger partial charge >= 0.3 is 6.61 Å². The Labute approximate surface area is 165 Å². The highest BCUT2D eigenvalue weighted by molar-refractivity contribution is 6.30. The molecule has 144 valence electrons. The van der Waals surface area contributed by atoms with Crippen molar-refractivity contribution >= 4 is 17.5 Å². The maximum absolute atomic E-state index is 12.8. The third kappa shape index (κ3) is 4.72. The first kappa shape index (κ1) is 18.6. The van der Waals surface area contributed by atoms with Gasteiger partial charge in [0.05, 0.1) is 0 Å². The molecule has 28 heavy (non-hydrogen) atoms. The molecule has 0 amide bonds. The van der Waals surface area contributed by atoms with Crippen LogP contribution in [0, 0.1) is 0 Å². The van der Waals surface area contributed by atoms with Crippen molar-refractivity contribution in [2.45, 2.75) is 31.9 Å². The van der Waals surface area contributed by atoms with Crippen molar-refractivity contribution in [1.82, 2.24) is 15.0 Å². The largest absolute Gasteiger partial charge is 0.416 e. The van der Waals surface area contributed by atoms with Gasteiger partial charge in [0.25, 0.3) is 0 Å². The van der Waals surface area contributed by atoms with Crippen LogP contribution in [0.15, 0.2) is 48.9 Å². The molecular formula is C20H17ClF2N4O. The van der Waals surface area contributed by atoms with Gasteiger partial charge in [-0.05, 0) is 47.7 Å². The van der Waals surface area contributed by atoms with Gasteiger partial charge in [-0.25, -0.2) is 15.0 Å². The summed E-state index contributed by atoms with van der Waals surface area (Å²) in [6, 6.07) is 9.17. The minimum Gasteiger partial charge on any atom is -0.416 e. The second-order valence-electron chi connectivity index (χ2n) is 6.60. The Morgan fingerprint density at radius 2 is 1.82 bits per heavy atom. The van der Waals surface area contributed by atoms with E-state index >= 15 is 0 Å². The van der Waals surface area contributed by atoms with Gasteiger partial charge in [-0.1, -0.05) is 23.7 Å². The zero-order chi connectivity index (χ0) is 19.5. The first-order valence-corrected chi connectivity index (χ1v) is 9.22. The van der Waals surface area contributed by atoms with E-state index in [4.69, 9.17) is 11.6 Å². The van der Waals surface area contributed by atoms with E-state index in [1.54, 1.807) is 42.7 Å². The quantitative estimate of drug-likeness (QED) is 0.605. The van der Waals surface area contributed by atoms with E-state index in [2.05, 4.69) is 25.0 Å². The molecular weight excluding hydrogens is 386 g/mol. The Kier molecular flexibility index (Phi) is 5.34. The SMILES string of the molecule is FC(F)Oc1ncc(Cc2cnc(NC3CC3)nc2)cc1-c1cccc(Cl)c1. The van der Waals surface area contributed by atoms with Crippen LogP contribution in [0.2, 0.25) is 5.02 Å². The summed E-state index contributed by atoms with van der Waals surface area (Å²) in [5.41, 5.74) is 2.82. The maximum Gasteiger partial charge on any atom is 0.388 e. The number of pyridine rings is 1. The molecule has 0 aliphatic heterocycles. The average molecular weight is 403 g/mol. The van der Waals surface area contributed by atoms with Crippen LogP contribution in [0.5, 0.6) is 5.88 Å². The number of alkyl halides is 2. The molecule has 2 heterocycles. The maximum atomic E-state index is 12.8. The Balaban J connectivity index is 1.59. The zero-order valence-corrected chi connectivity index (χ0v) is 15.5. The Morgan fingerprint density at radius 3 is 2.50 bits per heavy atom. The topological polar surface area (TPSA) is 59.9 Å². The Hall–Kier alpha value is -2.80. The Morgan fingerprint density at radius 1 is 1.07 bits per heavy atom. The summed E-state index contributed by atoms with van der Waals surface area (Å²) in [6.07, 6.45) is 7.83. The predicted octanol–water partition coefficient (Wildman–Crippen LogP) is 4.96. The number of nitrogens with one attached hydrogen (secondary N) is 1. The van der Waals surface area contributed by atoms with Gasteiger partial charge in [-0.2, -0.15) is 8.78 Å². The number of hydrogen-bond acceptors (Lipinski definition) is 5. The molecule has 0 bridgehead atoms. The first-order chi connectivity index (χ1) is 13.6. The van der Waals surface area contributed by atoms with Gasteiger partial charge in [0, 0.05) is 41.6 Å². The van der Waals surface area contributed by atoms with Crippen molar-refractivity contribution in [1.29, 1.82) is 0 Å². The third-order valence-electron chi connectivity index (χ3n) is 4.27. The van der Waals surface area contributed by atoms with Gasteiger partial charge in [0.1, 0.15) is 0 Å². The summed E-state index contributed by atoms with van der Waals surface area (Å²) in [7, 11) is 0. The van der Waals surface area contributed by atoms with Gasteiger partial charge in [0.2, 0.25) is 11.8 Å². The molecule has 0 spiro atoms. The van der Waals surface area contributed by atoms with Gasteiger partial charge in [0.15, 0.2) is 0 Å². The lowest BCUT2D eigenvalue weighted by molar-refractivity contribution is -0.0524. The number of nitrogens with zero attached hydrogens (tertiary/aromatic N) is 3. The lowest BCUT2D eigenvalue weighted by Gasteiger charge is -2.12. The van der Waals surface area contributed by atoms with E-state index in [-0.39, 0.29) is 5.88 Å².